The summed E-state index contributed by atoms with van der Waals surface area (Å²) >= 11 is 0. The van der Waals surface area contributed by atoms with Gasteiger partial charge in [-0.15, -0.1) is 0 Å². The van der Waals surface area contributed by atoms with E-state index in [1.54, 1.807) is 0 Å². The quantitative estimate of drug-likeness (QED) is 0.759. The van der Waals surface area contributed by atoms with Crippen LogP contribution in [0.15, 0.2) is 24.3 Å². The number of rotatable bonds is 5. The highest BCUT2D eigenvalue weighted by molar-refractivity contribution is 5.95. The van der Waals surface area contributed by atoms with Crippen LogP contribution in [0.3, 0.4) is 0 Å². The van der Waals surface area contributed by atoms with Crippen LogP contribution < -0.4 is 21.3 Å². The first-order valence-corrected chi connectivity index (χ1v) is 7.80. The van der Waals surface area contributed by atoms with Crippen LogP contribution in [0.25, 0.3) is 0 Å². The average molecular weight is 304 g/mol. The van der Waals surface area contributed by atoms with Gasteiger partial charge in [0.25, 0.3) is 0 Å². The molecule has 4 N–H and O–H groups in total. The highest BCUT2D eigenvalue weighted by Crippen LogP contribution is 2.22. The Balaban J connectivity index is 1.93. The molecule has 2 rings (SSSR count). The van der Waals surface area contributed by atoms with Crippen LogP contribution >= 0.6 is 0 Å². The number of nitrogens with one attached hydrogen (secondary N) is 2. The smallest absolute Gasteiger partial charge is 0.243 e. The molecule has 1 heterocycles. The number of nitrogens with two attached hydrogens (primary N) is 1. The molecule has 0 spiro atoms. The van der Waals surface area contributed by atoms with E-state index in [4.69, 9.17) is 5.73 Å². The molecule has 0 radical (unpaired) electrons. The first kappa shape index (κ1) is 16.3. The fraction of sp³-hybridized carbons (Fsp3) is 0.500. The van der Waals surface area contributed by atoms with E-state index in [0.717, 1.165) is 24.5 Å². The predicted molar refractivity (Wildman–Crippen MR) is 87.8 cm³/mol. The summed E-state index contributed by atoms with van der Waals surface area (Å²) in [6.07, 6.45) is 4.99. The molecule has 0 unspecified atom stereocenters. The number of hydrogen-bond acceptors (Lipinski definition) is 4. The van der Waals surface area contributed by atoms with Crippen LogP contribution in [0.1, 0.15) is 25.7 Å². The van der Waals surface area contributed by atoms with Crippen molar-refractivity contribution in [2.75, 3.05) is 36.4 Å². The topological polar surface area (TPSA) is 87.5 Å². The molecule has 120 valence electrons. The molecule has 6 heteroatoms. The van der Waals surface area contributed by atoms with Gasteiger partial charge >= 0.3 is 0 Å². The van der Waals surface area contributed by atoms with Gasteiger partial charge in [-0.25, -0.2) is 0 Å². The van der Waals surface area contributed by atoms with E-state index in [-0.39, 0.29) is 24.9 Å². The van der Waals surface area contributed by atoms with Gasteiger partial charge in [0.2, 0.25) is 11.8 Å². The standard InChI is InChI=1S/C16H24N4O2/c17-11-15(21)18-12-16(22)19-13-6-5-7-14(10-13)20-8-3-1-2-4-9-20/h5-7,10H,1-4,8-9,11-12,17H2,(H,18,21)(H,19,22). The molecular weight excluding hydrogens is 280 g/mol. The minimum atomic E-state index is -0.339. The Hall–Kier alpha value is -2.08. The summed E-state index contributed by atoms with van der Waals surface area (Å²) in [6.45, 7) is 1.94. The molecule has 1 fully saturated rings. The Kier molecular flexibility index (Phi) is 6.21. The van der Waals surface area contributed by atoms with Crippen molar-refractivity contribution >= 4 is 23.2 Å². The van der Waals surface area contributed by atoms with E-state index >= 15 is 0 Å². The molecule has 0 saturated carbocycles. The molecule has 1 saturated heterocycles. The first-order valence-electron chi connectivity index (χ1n) is 7.80. The summed E-state index contributed by atoms with van der Waals surface area (Å²) < 4.78 is 0. The number of benzene rings is 1. The van der Waals surface area contributed by atoms with Gasteiger partial charge in [-0.1, -0.05) is 18.9 Å². The van der Waals surface area contributed by atoms with Crippen molar-refractivity contribution in [1.29, 1.82) is 0 Å². The maximum absolute atomic E-state index is 11.8. The van der Waals surface area contributed by atoms with Crippen LogP contribution in [-0.2, 0) is 9.59 Å². The van der Waals surface area contributed by atoms with E-state index in [9.17, 15) is 9.59 Å². The van der Waals surface area contributed by atoms with Crippen LogP contribution in [-0.4, -0.2) is 38.0 Å². The van der Waals surface area contributed by atoms with E-state index in [0.29, 0.717) is 0 Å². The van der Waals surface area contributed by atoms with E-state index in [1.807, 2.05) is 18.2 Å². The monoisotopic (exact) mass is 304 g/mol. The lowest BCUT2D eigenvalue weighted by molar-refractivity contribution is -0.123. The van der Waals surface area contributed by atoms with Crippen molar-refractivity contribution in [2.45, 2.75) is 25.7 Å². The largest absolute Gasteiger partial charge is 0.371 e. The molecule has 1 aromatic carbocycles. The van der Waals surface area contributed by atoms with Gasteiger partial charge in [0.05, 0.1) is 13.1 Å². The molecule has 6 nitrogen and oxygen atoms in total. The average Bonchev–Trinajstić information content (AvgIpc) is 2.82. The minimum absolute atomic E-state index is 0.0655. The van der Waals surface area contributed by atoms with E-state index in [2.05, 4.69) is 21.6 Å². The Morgan fingerprint density at radius 2 is 1.82 bits per heavy atom. The number of carbonyl (C=O) groups is 2. The second-order valence-electron chi connectivity index (χ2n) is 5.48. The van der Waals surface area contributed by atoms with Gasteiger partial charge in [-0.3, -0.25) is 9.59 Å². The van der Waals surface area contributed by atoms with Gasteiger partial charge < -0.3 is 21.3 Å². The highest BCUT2D eigenvalue weighted by atomic mass is 16.2. The van der Waals surface area contributed by atoms with Crippen molar-refractivity contribution in [3.05, 3.63) is 24.3 Å². The molecule has 0 aliphatic carbocycles. The maximum atomic E-state index is 11.8. The number of anilines is 2. The van der Waals surface area contributed by atoms with E-state index < -0.39 is 0 Å². The summed E-state index contributed by atoms with van der Waals surface area (Å²) in [5.74, 6) is -0.594. The summed E-state index contributed by atoms with van der Waals surface area (Å²) in [5.41, 5.74) is 7.05. The van der Waals surface area contributed by atoms with Crippen molar-refractivity contribution in [2.24, 2.45) is 5.73 Å². The van der Waals surface area contributed by atoms with Crippen molar-refractivity contribution < 1.29 is 9.59 Å². The third kappa shape index (κ3) is 5.04. The Labute approximate surface area is 131 Å². The van der Waals surface area contributed by atoms with Crippen molar-refractivity contribution in [1.82, 2.24) is 5.32 Å². The second kappa shape index (κ2) is 8.38. The number of amides is 2. The molecule has 22 heavy (non-hydrogen) atoms. The molecule has 1 aliphatic rings. The molecule has 2 amide bonds. The first-order chi connectivity index (χ1) is 10.7. The third-order valence-corrected chi connectivity index (χ3v) is 3.73. The molecule has 1 aromatic rings. The molecule has 0 aromatic heterocycles. The number of nitrogens with zero attached hydrogens (tertiary/aromatic N) is 1. The van der Waals surface area contributed by atoms with Crippen LogP contribution in [0.5, 0.6) is 0 Å². The maximum Gasteiger partial charge on any atom is 0.243 e. The summed E-state index contributed by atoms with van der Waals surface area (Å²) in [4.78, 5) is 25.2. The molecular formula is C16H24N4O2. The van der Waals surface area contributed by atoms with Crippen LogP contribution in [0, 0.1) is 0 Å². The summed E-state index contributed by atoms with van der Waals surface area (Å²) in [7, 11) is 0. The van der Waals surface area contributed by atoms with Crippen molar-refractivity contribution in [3.8, 4) is 0 Å². The Morgan fingerprint density at radius 1 is 1.09 bits per heavy atom. The summed E-state index contributed by atoms with van der Waals surface area (Å²) in [5, 5.41) is 5.25. The minimum Gasteiger partial charge on any atom is -0.371 e. The summed E-state index contributed by atoms with van der Waals surface area (Å²) in [6, 6.07) is 7.84. The number of carbonyl (C=O) groups excluding carboxylic acids is 2. The highest BCUT2D eigenvalue weighted by Gasteiger charge is 2.11. The molecule has 0 atom stereocenters. The van der Waals surface area contributed by atoms with Gasteiger partial charge in [-0.2, -0.15) is 0 Å². The normalized spacial score (nSPS) is 15.0. The van der Waals surface area contributed by atoms with Crippen LogP contribution in [0.4, 0.5) is 11.4 Å². The van der Waals surface area contributed by atoms with Crippen LogP contribution in [0.2, 0.25) is 0 Å². The van der Waals surface area contributed by atoms with Gasteiger partial charge in [-0.05, 0) is 31.0 Å². The lowest BCUT2D eigenvalue weighted by Gasteiger charge is -2.23. The lowest BCUT2D eigenvalue weighted by Crippen LogP contribution is -2.36. The zero-order valence-electron chi connectivity index (χ0n) is 12.8. The molecule has 1 aliphatic heterocycles. The van der Waals surface area contributed by atoms with Crippen molar-refractivity contribution in [3.63, 3.8) is 0 Å². The van der Waals surface area contributed by atoms with Gasteiger partial charge in [0.15, 0.2) is 0 Å². The lowest BCUT2D eigenvalue weighted by atomic mass is 10.2. The Bertz CT molecular complexity index is 511. The Morgan fingerprint density at radius 3 is 2.50 bits per heavy atom. The van der Waals surface area contributed by atoms with Gasteiger partial charge in [0.1, 0.15) is 0 Å². The zero-order valence-corrected chi connectivity index (χ0v) is 12.8. The predicted octanol–water partition coefficient (Wildman–Crippen LogP) is 1.08. The SMILES string of the molecule is NCC(=O)NCC(=O)Nc1cccc(N2CCCCCC2)c1. The number of hydrogen-bond donors (Lipinski definition) is 3. The van der Waals surface area contributed by atoms with E-state index in [1.165, 1.54) is 25.7 Å². The second-order valence-corrected chi connectivity index (χ2v) is 5.48. The zero-order chi connectivity index (χ0) is 15.8. The fourth-order valence-electron chi connectivity index (χ4n) is 2.57. The van der Waals surface area contributed by atoms with Gasteiger partial charge in [0, 0.05) is 24.5 Å². The molecule has 0 bridgehead atoms. The third-order valence-electron chi connectivity index (χ3n) is 3.73. The fourth-order valence-corrected chi connectivity index (χ4v) is 2.57.